The minimum absolute atomic E-state index is 0.00424. The summed E-state index contributed by atoms with van der Waals surface area (Å²) in [7, 11) is 0. The second-order valence-corrected chi connectivity index (χ2v) is 6.90. The standard InChI is InChI=1S/C22H34O4/c1-3-5-6-7-8-9-10-11-12-15-18(4-2)26-22(25)20-17-14-13-16-19(20)21(23)24/h13-14,16-18H,3-12,15H2,1-2H3,(H,23,24)/t18-/m0/s1. The Bertz CT molecular complexity index is 539. The maximum Gasteiger partial charge on any atom is 0.339 e. The largest absolute Gasteiger partial charge is 0.478 e. The van der Waals surface area contributed by atoms with Crippen molar-refractivity contribution in [2.24, 2.45) is 0 Å². The molecule has 0 aliphatic carbocycles. The van der Waals surface area contributed by atoms with Gasteiger partial charge in [0, 0.05) is 0 Å². The molecule has 0 unspecified atom stereocenters. The molecule has 1 aromatic rings. The van der Waals surface area contributed by atoms with Crippen LogP contribution in [0.3, 0.4) is 0 Å². The van der Waals surface area contributed by atoms with Gasteiger partial charge in [0.15, 0.2) is 0 Å². The molecule has 0 saturated heterocycles. The van der Waals surface area contributed by atoms with Crippen LogP contribution in [0.4, 0.5) is 0 Å². The van der Waals surface area contributed by atoms with Gasteiger partial charge in [-0.2, -0.15) is 0 Å². The third kappa shape index (κ3) is 8.50. The summed E-state index contributed by atoms with van der Waals surface area (Å²) in [5.41, 5.74) is 0.126. The maximum absolute atomic E-state index is 12.3. The van der Waals surface area contributed by atoms with Crippen LogP contribution in [-0.4, -0.2) is 23.1 Å². The quantitative estimate of drug-likeness (QED) is 0.314. The average molecular weight is 363 g/mol. The summed E-state index contributed by atoms with van der Waals surface area (Å²) in [5.74, 6) is -1.64. The maximum atomic E-state index is 12.3. The molecule has 0 radical (unpaired) electrons. The highest BCUT2D eigenvalue weighted by Gasteiger charge is 2.20. The number of hydrogen-bond donors (Lipinski definition) is 1. The lowest BCUT2D eigenvalue weighted by molar-refractivity contribution is 0.0262. The van der Waals surface area contributed by atoms with Gasteiger partial charge in [-0.3, -0.25) is 0 Å². The van der Waals surface area contributed by atoms with Crippen molar-refractivity contribution < 1.29 is 19.4 Å². The van der Waals surface area contributed by atoms with Crippen LogP contribution in [-0.2, 0) is 4.74 Å². The number of aromatic carboxylic acids is 1. The van der Waals surface area contributed by atoms with E-state index in [-0.39, 0.29) is 17.2 Å². The molecule has 146 valence electrons. The molecule has 0 aliphatic heterocycles. The molecule has 0 saturated carbocycles. The lowest BCUT2D eigenvalue weighted by Crippen LogP contribution is -2.19. The number of carboxylic acid groups (broad SMARTS) is 1. The topological polar surface area (TPSA) is 63.6 Å². The molecule has 1 atom stereocenters. The van der Waals surface area contributed by atoms with Gasteiger partial charge in [0.25, 0.3) is 0 Å². The first kappa shape index (κ1) is 22.2. The first-order chi connectivity index (χ1) is 12.6. The van der Waals surface area contributed by atoms with Crippen LogP contribution in [0.1, 0.15) is 105 Å². The van der Waals surface area contributed by atoms with E-state index in [0.717, 1.165) is 25.7 Å². The minimum Gasteiger partial charge on any atom is -0.478 e. The Hall–Kier alpha value is -1.84. The van der Waals surface area contributed by atoms with Crippen molar-refractivity contribution in [2.45, 2.75) is 90.6 Å². The van der Waals surface area contributed by atoms with Gasteiger partial charge < -0.3 is 9.84 Å². The Morgan fingerprint density at radius 1 is 0.885 bits per heavy atom. The normalized spacial score (nSPS) is 11.9. The Labute approximate surface area is 158 Å². The molecule has 4 heteroatoms. The number of carbonyl (C=O) groups excluding carboxylic acids is 1. The van der Waals surface area contributed by atoms with Gasteiger partial charge in [0.05, 0.1) is 11.1 Å². The Morgan fingerprint density at radius 2 is 1.42 bits per heavy atom. The second kappa shape index (κ2) is 13.4. The van der Waals surface area contributed by atoms with Gasteiger partial charge in [0.1, 0.15) is 6.10 Å². The Balaban J connectivity index is 2.30. The van der Waals surface area contributed by atoms with Crippen molar-refractivity contribution in [3.63, 3.8) is 0 Å². The zero-order valence-electron chi connectivity index (χ0n) is 16.3. The van der Waals surface area contributed by atoms with Crippen LogP contribution >= 0.6 is 0 Å². The fraction of sp³-hybridized carbons (Fsp3) is 0.636. The highest BCUT2D eigenvalue weighted by Crippen LogP contribution is 2.17. The molecule has 0 aliphatic rings. The van der Waals surface area contributed by atoms with E-state index < -0.39 is 11.9 Å². The monoisotopic (exact) mass is 362 g/mol. The van der Waals surface area contributed by atoms with Gasteiger partial charge in [-0.05, 0) is 31.4 Å². The number of benzene rings is 1. The number of carbonyl (C=O) groups is 2. The van der Waals surface area contributed by atoms with Crippen LogP contribution in [0.2, 0.25) is 0 Å². The molecule has 1 rings (SSSR count). The molecule has 26 heavy (non-hydrogen) atoms. The zero-order valence-corrected chi connectivity index (χ0v) is 16.3. The third-order valence-corrected chi connectivity index (χ3v) is 4.74. The number of hydrogen-bond acceptors (Lipinski definition) is 3. The Kier molecular flexibility index (Phi) is 11.4. The van der Waals surface area contributed by atoms with E-state index in [1.165, 1.54) is 57.1 Å². The summed E-state index contributed by atoms with van der Waals surface area (Å²) in [6.07, 6.45) is 12.8. The number of ether oxygens (including phenoxy) is 1. The SMILES string of the molecule is CCCCCCCCCCC[C@H](CC)OC(=O)c1ccccc1C(=O)O. The van der Waals surface area contributed by atoms with E-state index in [4.69, 9.17) is 4.74 Å². The fourth-order valence-electron chi connectivity index (χ4n) is 3.09. The van der Waals surface area contributed by atoms with Gasteiger partial charge in [0.2, 0.25) is 0 Å². The summed E-state index contributed by atoms with van der Waals surface area (Å²) < 4.78 is 5.55. The van der Waals surface area contributed by atoms with Crippen LogP contribution in [0.15, 0.2) is 24.3 Å². The fourth-order valence-corrected chi connectivity index (χ4v) is 3.09. The van der Waals surface area contributed by atoms with E-state index >= 15 is 0 Å². The number of carboxylic acids is 1. The molecule has 0 fully saturated rings. The van der Waals surface area contributed by atoms with Crippen molar-refractivity contribution >= 4 is 11.9 Å². The van der Waals surface area contributed by atoms with Gasteiger partial charge in [-0.1, -0.05) is 77.3 Å². The Morgan fingerprint density at radius 3 is 1.96 bits per heavy atom. The molecule has 0 heterocycles. The third-order valence-electron chi connectivity index (χ3n) is 4.74. The number of esters is 1. The molecule has 0 amide bonds. The van der Waals surface area contributed by atoms with Crippen molar-refractivity contribution in [1.29, 1.82) is 0 Å². The average Bonchev–Trinajstić information content (AvgIpc) is 2.65. The van der Waals surface area contributed by atoms with Gasteiger partial charge in [-0.15, -0.1) is 0 Å². The van der Waals surface area contributed by atoms with E-state index in [2.05, 4.69) is 6.92 Å². The van der Waals surface area contributed by atoms with Gasteiger partial charge in [-0.25, -0.2) is 9.59 Å². The lowest BCUT2D eigenvalue weighted by Gasteiger charge is -2.17. The molecule has 0 aromatic heterocycles. The van der Waals surface area contributed by atoms with E-state index in [9.17, 15) is 14.7 Å². The van der Waals surface area contributed by atoms with Crippen LogP contribution in [0.5, 0.6) is 0 Å². The van der Waals surface area contributed by atoms with Crippen molar-refractivity contribution in [3.8, 4) is 0 Å². The summed E-state index contributed by atoms with van der Waals surface area (Å²) in [5, 5.41) is 9.19. The second-order valence-electron chi connectivity index (χ2n) is 6.90. The van der Waals surface area contributed by atoms with E-state index in [0.29, 0.717) is 0 Å². The summed E-state index contributed by atoms with van der Waals surface area (Å²) in [6.45, 7) is 4.23. The van der Waals surface area contributed by atoms with Crippen molar-refractivity contribution in [2.75, 3.05) is 0 Å². The predicted molar refractivity (Wildman–Crippen MR) is 105 cm³/mol. The lowest BCUT2D eigenvalue weighted by atomic mass is 10.0. The molecular weight excluding hydrogens is 328 g/mol. The van der Waals surface area contributed by atoms with Crippen LogP contribution < -0.4 is 0 Å². The summed E-state index contributed by atoms with van der Waals surface area (Å²) in [6, 6.07) is 6.21. The highest BCUT2D eigenvalue weighted by atomic mass is 16.5. The van der Waals surface area contributed by atoms with Crippen LogP contribution in [0, 0.1) is 0 Å². The molecule has 4 nitrogen and oxygen atoms in total. The predicted octanol–water partition coefficient (Wildman–Crippen LogP) is 6.24. The van der Waals surface area contributed by atoms with Crippen molar-refractivity contribution in [3.05, 3.63) is 35.4 Å². The molecule has 0 bridgehead atoms. The molecule has 1 aromatic carbocycles. The molecule has 0 spiro atoms. The minimum atomic E-state index is -1.11. The number of rotatable bonds is 14. The summed E-state index contributed by atoms with van der Waals surface area (Å²) in [4.78, 5) is 23.5. The zero-order chi connectivity index (χ0) is 19.2. The van der Waals surface area contributed by atoms with Crippen LogP contribution in [0.25, 0.3) is 0 Å². The smallest absolute Gasteiger partial charge is 0.339 e. The van der Waals surface area contributed by atoms with E-state index in [1.807, 2.05) is 6.92 Å². The first-order valence-corrected chi connectivity index (χ1v) is 10.1. The molecular formula is C22H34O4. The van der Waals surface area contributed by atoms with Crippen molar-refractivity contribution in [1.82, 2.24) is 0 Å². The molecule has 1 N–H and O–H groups in total. The van der Waals surface area contributed by atoms with Gasteiger partial charge >= 0.3 is 11.9 Å². The highest BCUT2D eigenvalue weighted by molar-refractivity contribution is 6.02. The number of unbranched alkanes of at least 4 members (excludes halogenated alkanes) is 8. The summed E-state index contributed by atoms with van der Waals surface area (Å²) >= 11 is 0. The first-order valence-electron chi connectivity index (χ1n) is 10.1. The van der Waals surface area contributed by atoms with E-state index in [1.54, 1.807) is 12.1 Å².